The first-order valence-corrected chi connectivity index (χ1v) is 7.87. The molecule has 1 aromatic carbocycles. The van der Waals surface area contributed by atoms with E-state index in [0.717, 1.165) is 21.6 Å². The van der Waals surface area contributed by atoms with E-state index < -0.39 is 0 Å². The molecule has 0 aliphatic carbocycles. The van der Waals surface area contributed by atoms with Crippen LogP contribution < -0.4 is 5.32 Å². The number of benzene rings is 1. The third-order valence-corrected chi connectivity index (χ3v) is 4.42. The molecule has 0 saturated heterocycles. The van der Waals surface area contributed by atoms with Crippen molar-refractivity contribution in [2.75, 3.05) is 26.0 Å². The molecular weight excluding hydrogens is 299 g/mol. The fourth-order valence-corrected chi connectivity index (χ4v) is 3.14. The highest BCUT2D eigenvalue weighted by molar-refractivity contribution is 7.16. The molecule has 2 heterocycles. The molecule has 22 heavy (non-hydrogen) atoms. The Bertz CT molecular complexity index is 754. The van der Waals surface area contributed by atoms with E-state index in [1.807, 2.05) is 37.7 Å². The minimum absolute atomic E-state index is 0.129. The summed E-state index contributed by atoms with van der Waals surface area (Å²) >= 11 is 1.60. The molecule has 0 amide bonds. The SMILES string of the molecule is CN(C)[C@H](CNc1ncnc2sccc12)c1ccc(F)cc1. The first-order valence-electron chi connectivity index (χ1n) is 6.99. The molecule has 2 aromatic heterocycles. The van der Waals surface area contributed by atoms with Crippen molar-refractivity contribution < 1.29 is 4.39 Å². The number of fused-ring (bicyclic) bond motifs is 1. The summed E-state index contributed by atoms with van der Waals surface area (Å²) < 4.78 is 13.1. The van der Waals surface area contributed by atoms with Crippen molar-refractivity contribution in [2.24, 2.45) is 0 Å². The average molecular weight is 316 g/mol. The maximum absolute atomic E-state index is 13.1. The summed E-state index contributed by atoms with van der Waals surface area (Å²) in [7, 11) is 4.02. The van der Waals surface area contributed by atoms with E-state index in [1.165, 1.54) is 12.1 Å². The molecule has 3 rings (SSSR count). The van der Waals surface area contributed by atoms with Crippen molar-refractivity contribution in [3.63, 3.8) is 0 Å². The molecular formula is C16H17FN4S. The first-order chi connectivity index (χ1) is 10.6. The number of aromatic nitrogens is 2. The van der Waals surface area contributed by atoms with Crippen molar-refractivity contribution in [1.29, 1.82) is 0 Å². The Balaban J connectivity index is 1.80. The standard InChI is InChI=1S/C16H17FN4S/c1-21(2)14(11-3-5-12(17)6-4-11)9-18-15-13-7-8-22-16(13)20-10-19-15/h3-8,10,14H,9H2,1-2H3,(H,18,19,20)/t14-/m1/s1. The maximum atomic E-state index is 13.1. The van der Waals surface area contributed by atoms with Crippen LogP contribution in [-0.2, 0) is 0 Å². The van der Waals surface area contributed by atoms with Gasteiger partial charge in [0.05, 0.1) is 11.4 Å². The fourth-order valence-electron chi connectivity index (χ4n) is 2.41. The lowest BCUT2D eigenvalue weighted by molar-refractivity contribution is 0.311. The van der Waals surface area contributed by atoms with Gasteiger partial charge in [0.2, 0.25) is 0 Å². The molecule has 0 aliphatic rings. The molecule has 6 heteroatoms. The molecule has 0 aliphatic heterocycles. The summed E-state index contributed by atoms with van der Waals surface area (Å²) in [5, 5.41) is 6.43. The number of rotatable bonds is 5. The van der Waals surface area contributed by atoms with Crippen LogP contribution in [0, 0.1) is 5.82 Å². The average Bonchev–Trinajstić information content (AvgIpc) is 2.98. The Morgan fingerprint density at radius 1 is 1.18 bits per heavy atom. The lowest BCUT2D eigenvalue weighted by Gasteiger charge is -2.25. The fraction of sp³-hybridized carbons (Fsp3) is 0.250. The number of anilines is 1. The van der Waals surface area contributed by atoms with Crippen LogP contribution in [0.5, 0.6) is 0 Å². The second kappa shape index (κ2) is 6.37. The lowest BCUT2D eigenvalue weighted by Crippen LogP contribution is -2.27. The van der Waals surface area contributed by atoms with Gasteiger partial charge in [0.25, 0.3) is 0 Å². The molecule has 0 fully saturated rings. The van der Waals surface area contributed by atoms with Crippen LogP contribution in [-0.4, -0.2) is 35.5 Å². The number of hydrogen-bond acceptors (Lipinski definition) is 5. The highest BCUT2D eigenvalue weighted by Gasteiger charge is 2.15. The molecule has 1 atom stereocenters. The third kappa shape index (κ3) is 3.08. The topological polar surface area (TPSA) is 41.0 Å². The zero-order valence-corrected chi connectivity index (χ0v) is 13.3. The van der Waals surface area contributed by atoms with Crippen LogP contribution in [0.25, 0.3) is 10.2 Å². The predicted molar refractivity (Wildman–Crippen MR) is 88.7 cm³/mol. The summed E-state index contributed by atoms with van der Waals surface area (Å²) in [6.07, 6.45) is 1.57. The summed E-state index contributed by atoms with van der Waals surface area (Å²) in [5.74, 6) is 0.616. The second-order valence-electron chi connectivity index (χ2n) is 5.27. The summed E-state index contributed by atoms with van der Waals surface area (Å²) in [5.41, 5.74) is 1.06. The van der Waals surface area contributed by atoms with E-state index in [4.69, 9.17) is 0 Å². The summed E-state index contributed by atoms with van der Waals surface area (Å²) in [4.78, 5) is 11.6. The monoisotopic (exact) mass is 316 g/mol. The smallest absolute Gasteiger partial charge is 0.138 e. The van der Waals surface area contributed by atoms with Gasteiger partial charge in [-0.25, -0.2) is 14.4 Å². The molecule has 1 N–H and O–H groups in total. The molecule has 0 spiro atoms. The maximum Gasteiger partial charge on any atom is 0.138 e. The van der Waals surface area contributed by atoms with Gasteiger partial charge < -0.3 is 10.2 Å². The molecule has 3 aromatic rings. The van der Waals surface area contributed by atoms with E-state index in [2.05, 4.69) is 20.2 Å². The highest BCUT2D eigenvalue weighted by Crippen LogP contribution is 2.25. The highest BCUT2D eigenvalue weighted by atomic mass is 32.1. The minimum Gasteiger partial charge on any atom is -0.368 e. The Kier molecular flexibility index (Phi) is 4.31. The van der Waals surface area contributed by atoms with Crippen LogP contribution in [0.1, 0.15) is 11.6 Å². The van der Waals surface area contributed by atoms with Gasteiger partial charge in [-0.05, 0) is 43.2 Å². The molecule has 4 nitrogen and oxygen atoms in total. The van der Waals surface area contributed by atoms with Crippen LogP contribution in [0.4, 0.5) is 10.2 Å². The van der Waals surface area contributed by atoms with Crippen molar-refractivity contribution in [3.05, 3.63) is 53.4 Å². The molecule has 0 radical (unpaired) electrons. The number of halogens is 1. The van der Waals surface area contributed by atoms with E-state index in [1.54, 1.807) is 17.7 Å². The van der Waals surface area contributed by atoms with Gasteiger partial charge in [0.15, 0.2) is 0 Å². The number of thiophene rings is 1. The van der Waals surface area contributed by atoms with Gasteiger partial charge in [0.1, 0.15) is 22.8 Å². The Morgan fingerprint density at radius 3 is 2.68 bits per heavy atom. The van der Waals surface area contributed by atoms with Crippen LogP contribution in [0.15, 0.2) is 42.0 Å². The van der Waals surface area contributed by atoms with Gasteiger partial charge in [-0.3, -0.25) is 0 Å². The zero-order valence-electron chi connectivity index (χ0n) is 12.5. The number of likely N-dealkylation sites (N-methyl/N-ethyl adjacent to an activating group) is 1. The predicted octanol–water partition coefficient (Wildman–Crippen LogP) is 3.55. The zero-order chi connectivity index (χ0) is 15.5. The van der Waals surface area contributed by atoms with Gasteiger partial charge >= 0.3 is 0 Å². The molecule has 0 bridgehead atoms. The minimum atomic E-state index is -0.218. The summed E-state index contributed by atoms with van der Waals surface area (Å²) in [6, 6.07) is 8.78. The largest absolute Gasteiger partial charge is 0.368 e. The van der Waals surface area contributed by atoms with Gasteiger partial charge in [-0.2, -0.15) is 0 Å². The third-order valence-electron chi connectivity index (χ3n) is 3.60. The van der Waals surface area contributed by atoms with Crippen LogP contribution in [0.3, 0.4) is 0 Å². The van der Waals surface area contributed by atoms with E-state index in [9.17, 15) is 4.39 Å². The van der Waals surface area contributed by atoms with Gasteiger partial charge in [0, 0.05) is 6.54 Å². The number of nitrogens with zero attached hydrogens (tertiary/aromatic N) is 3. The van der Waals surface area contributed by atoms with Crippen LogP contribution in [0.2, 0.25) is 0 Å². The van der Waals surface area contributed by atoms with Crippen LogP contribution >= 0.6 is 11.3 Å². The van der Waals surface area contributed by atoms with Gasteiger partial charge in [-0.1, -0.05) is 12.1 Å². The van der Waals surface area contributed by atoms with E-state index >= 15 is 0 Å². The van der Waals surface area contributed by atoms with E-state index in [0.29, 0.717) is 6.54 Å². The Hall–Kier alpha value is -2.05. The molecule has 0 saturated carbocycles. The Morgan fingerprint density at radius 2 is 1.95 bits per heavy atom. The number of nitrogens with one attached hydrogen (secondary N) is 1. The Labute approximate surface area is 132 Å². The lowest BCUT2D eigenvalue weighted by atomic mass is 10.1. The van der Waals surface area contributed by atoms with Gasteiger partial charge in [-0.15, -0.1) is 11.3 Å². The molecule has 114 valence electrons. The van der Waals surface area contributed by atoms with Crippen molar-refractivity contribution in [2.45, 2.75) is 6.04 Å². The summed E-state index contributed by atoms with van der Waals surface area (Å²) in [6.45, 7) is 0.681. The first kappa shape index (κ1) is 14.9. The number of hydrogen-bond donors (Lipinski definition) is 1. The quantitative estimate of drug-likeness (QED) is 0.781. The van der Waals surface area contributed by atoms with Crippen molar-refractivity contribution in [3.8, 4) is 0 Å². The van der Waals surface area contributed by atoms with Crippen molar-refractivity contribution >= 4 is 27.4 Å². The van der Waals surface area contributed by atoms with Crippen molar-refractivity contribution in [1.82, 2.24) is 14.9 Å². The molecule has 0 unspecified atom stereocenters. The second-order valence-corrected chi connectivity index (χ2v) is 6.17. The van der Waals surface area contributed by atoms with E-state index in [-0.39, 0.29) is 11.9 Å². The normalized spacial score (nSPS) is 12.7.